The lowest BCUT2D eigenvalue weighted by Crippen LogP contribution is -2.45. The van der Waals surface area contributed by atoms with Gasteiger partial charge < -0.3 is 10.6 Å². The van der Waals surface area contributed by atoms with E-state index >= 15 is 0 Å². The van der Waals surface area contributed by atoms with Crippen LogP contribution in [0.15, 0.2) is 23.6 Å². The van der Waals surface area contributed by atoms with E-state index in [0.717, 1.165) is 5.69 Å². The lowest BCUT2D eigenvalue weighted by Gasteiger charge is -2.31. The van der Waals surface area contributed by atoms with Gasteiger partial charge in [0.1, 0.15) is 5.54 Å². The van der Waals surface area contributed by atoms with Crippen molar-refractivity contribution < 1.29 is 0 Å². The van der Waals surface area contributed by atoms with Gasteiger partial charge in [0.25, 0.3) is 0 Å². The van der Waals surface area contributed by atoms with Crippen LogP contribution >= 0.6 is 0 Å². The Morgan fingerprint density at radius 3 is 2.79 bits per heavy atom. The molecule has 1 aliphatic heterocycles. The Kier molecular flexibility index (Phi) is 1.87. The number of aromatic nitrogens is 2. The van der Waals surface area contributed by atoms with Crippen LogP contribution in [0.2, 0.25) is 0 Å². The summed E-state index contributed by atoms with van der Waals surface area (Å²) >= 11 is 0. The summed E-state index contributed by atoms with van der Waals surface area (Å²) < 4.78 is 0. The summed E-state index contributed by atoms with van der Waals surface area (Å²) in [5.41, 5.74) is 6.36. The zero-order valence-electron chi connectivity index (χ0n) is 8.31. The van der Waals surface area contributed by atoms with Crippen LogP contribution in [0.3, 0.4) is 0 Å². The molecule has 0 amide bonds. The van der Waals surface area contributed by atoms with Crippen LogP contribution in [-0.4, -0.2) is 34.4 Å². The smallest absolute Gasteiger partial charge is 0.191 e. The first-order valence-corrected chi connectivity index (χ1v) is 4.45. The van der Waals surface area contributed by atoms with Crippen LogP contribution < -0.4 is 5.73 Å². The van der Waals surface area contributed by atoms with Crippen molar-refractivity contribution in [3.05, 3.63) is 24.3 Å². The second kappa shape index (κ2) is 2.94. The van der Waals surface area contributed by atoms with Crippen LogP contribution in [0.1, 0.15) is 12.6 Å². The fraction of sp³-hybridized carbons (Fsp3) is 0.444. The van der Waals surface area contributed by atoms with E-state index in [1.165, 1.54) is 0 Å². The summed E-state index contributed by atoms with van der Waals surface area (Å²) in [4.78, 5) is 14.5. The number of hydrogen-bond donors (Lipinski definition) is 1. The second-order valence-corrected chi connectivity index (χ2v) is 3.60. The van der Waals surface area contributed by atoms with Crippen molar-refractivity contribution in [2.24, 2.45) is 10.7 Å². The third-order valence-corrected chi connectivity index (χ3v) is 2.75. The number of nitrogens with zero attached hydrogens (tertiary/aromatic N) is 4. The molecule has 14 heavy (non-hydrogen) atoms. The first-order valence-electron chi connectivity index (χ1n) is 4.45. The van der Waals surface area contributed by atoms with Gasteiger partial charge in [-0.15, -0.1) is 0 Å². The third kappa shape index (κ3) is 1.13. The number of guanidine groups is 1. The first-order chi connectivity index (χ1) is 6.64. The molecule has 5 heteroatoms. The van der Waals surface area contributed by atoms with Gasteiger partial charge in [-0.25, -0.2) is 0 Å². The van der Waals surface area contributed by atoms with Crippen molar-refractivity contribution >= 4 is 5.96 Å². The standard InChI is InChI=1S/C9H13N5/c1-9(6-13-8(10)14(9)2)7-5-11-3-4-12-7/h3-5H,6H2,1-2H3,(H2,10,13). The molecule has 2 heterocycles. The molecule has 2 N–H and O–H groups in total. The van der Waals surface area contributed by atoms with Gasteiger partial charge in [-0.3, -0.25) is 15.0 Å². The monoisotopic (exact) mass is 191 g/mol. The molecule has 1 aliphatic rings. The van der Waals surface area contributed by atoms with Gasteiger partial charge in [-0.1, -0.05) is 0 Å². The maximum absolute atomic E-state index is 5.72. The van der Waals surface area contributed by atoms with E-state index in [0.29, 0.717) is 12.5 Å². The Morgan fingerprint density at radius 1 is 1.50 bits per heavy atom. The van der Waals surface area contributed by atoms with Gasteiger partial charge in [-0.2, -0.15) is 0 Å². The summed E-state index contributed by atoms with van der Waals surface area (Å²) in [5, 5.41) is 0. The molecular weight excluding hydrogens is 178 g/mol. The average Bonchev–Trinajstić information content (AvgIpc) is 2.49. The van der Waals surface area contributed by atoms with E-state index in [4.69, 9.17) is 5.73 Å². The molecule has 1 aromatic heterocycles. The molecule has 0 radical (unpaired) electrons. The molecule has 1 unspecified atom stereocenters. The lowest BCUT2D eigenvalue weighted by molar-refractivity contribution is 0.259. The number of likely N-dealkylation sites (N-methyl/N-ethyl adjacent to an activating group) is 1. The minimum Gasteiger partial charge on any atom is -0.370 e. The van der Waals surface area contributed by atoms with Crippen LogP contribution in [-0.2, 0) is 5.54 Å². The SMILES string of the molecule is CN1C(N)=NCC1(C)c1cnccn1. The largest absolute Gasteiger partial charge is 0.370 e. The molecule has 0 spiro atoms. The average molecular weight is 191 g/mol. The van der Waals surface area contributed by atoms with E-state index in [9.17, 15) is 0 Å². The summed E-state index contributed by atoms with van der Waals surface area (Å²) in [7, 11) is 1.92. The van der Waals surface area contributed by atoms with Crippen LogP contribution in [0.5, 0.6) is 0 Å². The van der Waals surface area contributed by atoms with Crippen LogP contribution in [0, 0.1) is 0 Å². The fourth-order valence-corrected chi connectivity index (χ4v) is 1.53. The van der Waals surface area contributed by atoms with Gasteiger partial charge in [0.05, 0.1) is 18.4 Å². The summed E-state index contributed by atoms with van der Waals surface area (Å²) in [6, 6.07) is 0. The zero-order valence-corrected chi connectivity index (χ0v) is 8.31. The summed E-state index contributed by atoms with van der Waals surface area (Å²) in [6.45, 7) is 2.69. The molecule has 74 valence electrons. The van der Waals surface area contributed by atoms with E-state index in [1.54, 1.807) is 18.6 Å². The number of hydrogen-bond acceptors (Lipinski definition) is 5. The Hall–Kier alpha value is -1.65. The van der Waals surface area contributed by atoms with Gasteiger partial charge in [0.2, 0.25) is 0 Å². The fourth-order valence-electron chi connectivity index (χ4n) is 1.53. The van der Waals surface area contributed by atoms with Crippen LogP contribution in [0.4, 0.5) is 0 Å². The summed E-state index contributed by atoms with van der Waals surface area (Å²) in [5.74, 6) is 0.554. The molecule has 0 saturated carbocycles. The first kappa shape index (κ1) is 8.93. The van der Waals surface area contributed by atoms with Crippen molar-refractivity contribution in [2.45, 2.75) is 12.5 Å². The highest BCUT2D eigenvalue weighted by molar-refractivity contribution is 5.80. The maximum atomic E-state index is 5.72. The van der Waals surface area contributed by atoms with E-state index in [2.05, 4.69) is 21.9 Å². The van der Waals surface area contributed by atoms with Gasteiger partial charge in [0.15, 0.2) is 5.96 Å². The molecule has 0 aromatic carbocycles. The molecule has 0 fully saturated rings. The van der Waals surface area contributed by atoms with Crippen molar-refractivity contribution in [3.63, 3.8) is 0 Å². The molecule has 1 aromatic rings. The molecule has 0 saturated heterocycles. The van der Waals surface area contributed by atoms with Crippen LogP contribution in [0.25, 0.3) is 0 Å². The van der Waals surface area contributed by atoms with Crippen molar-refractivity contribution in [3.8, 4) is 0 Å². The van der Waals surface area contributed by atoms with Crippen molar-refractivity contribution in [1.29, 1.82) is 0 Å². The predicted octanol–water partition coefficient (Wildman–Crippen LogP) is -0.0481. The molecule has 0 aliphatic carbocycles. The van der Waals surface area contributed by atoms with Gasteiger partial charge >= 0.3 is 0 Å². The number of rotatable bonds is 1. The molecular formula is C9H13N5. The van der Waals surface area contributed by atoms with Gasteiger partial charge in [0, 0.05) is 19.4 Å². The molecule has 2 rings (SSSR count). The topological polar surface area (TPSA) is 67.4 Å². The highest BCUT2D eigenvalue weighted by Gasteiger charge is 2.38. The third-order valence-electron chi connectivity index (χ3n) is 2.75. The molecule has 1 atom stereocenters. The Balaban J connectivity index is 2.36. The minimum absolute atomic E-state index is 0.252. The molecule has 0 bridgehead atoms. The zero-order chi connectivity index (χ0) is 10.2. The Labute approximate surface area is 82.7 Å². The number of nitrogens with two attached hydrogens (primary N) is 1. The minimum atomic E-state index is -0.252. The highest BCUT2D eigenvalue weighted by Crippen LogP contribution is 2.28. The quantitative estimate of drug-likeness (QED) is 0.676. The Bertz CT molecular complexity index is 361. The summed E-state index contributed by atoms with van der Waals surface area (Å²) in [6.07, 6.45) is 5.10. The molecule has 5 nitrogen and oxygen atoms in total. The normalized spacial score (nSPS) is 26.4. The second-order valence-electron chi connectivity index (χ2n) is 3.60. The van der Waals surface area contributed by atoms with E-state index < -0.39 is 0 Å². The van der Waals surface area contributed by atoms with Crippen molar-refractivity contribution in [1.82, 2.24) is 14.9 Å². The van der Waals surface area contributed by atoms with Crippen molar-refractivity contribution in [2.75, 3.05) is 13.6 Å². The lowest BCUT2D eigenvalue weighted by atomic mass is 9.98. The number of aliphatic imine (C=N–C) groups is 1. The Morgan fingerprint density at radius 2 is 2.29 bits per heavy atom. The maximum Gasteiger partial charge on any atom is 0.191 e. The van der Waals surface area contributed by atoms with E-state index in [1.807, 2.05) is 11.9 Å². The predicted molar refractivity (Wildman–Crippen MR) is 53.6 cm³/mol. The highest BCUT2D eigenvalue weighted by atomic mass is 15.3. The van der Waals surface area contributed by atoms with E-state index in [-0.39, 0.29) is 5.54 Å². The van der Waals surface area contributed by atoms with Gasteiger partial charge in [-0.05, 0) is 6.92 Å².